The van der Waals surface area contributed by atoms with Crippen molar-refractivity contribution in [3.05, 3.63) is 83.1 Å². The van der Waals surface area contributed by atoms with E-state index in [2.05, 4.69) is 5.43 Å². The number of carbonyl (C=O) groups excluding carboxylic acids is 2. The predicted octanol–water partition coefficient (Wildman–Crippen LogP) is 2.03. The predicted molar refractivity (Wildman–Crippen MR) is 104 cm³/mol. The highest BCUT2D eigenvalue weighted by molar-refractivity contribution is 5.95. The van der Waals surface area contributed by atoms with Crippen molar-refractivity contribution in [2.45, 2.75) is 25.5 Å². The van der Waals surface area contributed by atoms with Crippen LogP contribution in [0.15, 0.2) is 71.9 Å². The number of nitrogens with zero attached hydrogens (tertiary/aromatic N) is 1. The first-order chi connectivity index (χ1) is 13.4. The average molecular weight is 381 g/mol. The van der Waals surface area contributed by atoms with Gasteiger partial charge >= 0.3 is 12.0 Å². The highest BCUT2D eigenvalue weighted by Gasteiger charge is 2.57. The highest BCUT2D eigenvalue weighted by Crippen LogP contribution is 2.50. The second-order valence-corrected chi connectivity index (χ2v) is 6.44. The van der Waals surface area contributed by atoms with Gasteiger partial charge in [-0.1, -0.05) is 60.7 Å². The molecule has 2 amide bonds. The van der Waals surface area contributed by atoms with Gasteiger partial charge in [-0.2, -0.15) is 0 Å². The van der Waals surface area contributed by atoms with Crippen LogP contribution in [-0.2, 0) is 14.9 Å². The van der Waals surface area contributed by atoms with Crippen LogP contribution >= 0.6 is 0 Å². The number of ether oxygens (including phenoxy) is 1. The fourth-order valence-corrected chi connectivity index (χ4v) is 3.84. The molecule has 3 rings (SSSR count). The minimum absolute atomic E-state index is 0.175. The molecule has 2 aromatic carbocycles. The Morgan fingerprint density at radius 2 is 1.61 bits per heavy atom. The molecule has 1 atom stereocenters. The summed E-state index contributed by atoms with van der Waals surface area (Å²) in [6, 6.07) is 17.5. The van der Waals surface area contributed by atoms with E-state index in [4.69, 9.17) is 10.5 Å². The van der Waals surface area contributed by atoms with Gasteiger partial charge in [-0.25, -0.2) is 15.0 Å². The number of benzene rings is 2. The Hall–Kier alpha value is -3.32. The lowest BCUT2D eigenvalue weighted by Crippen LogP contribution is -2.53. The first kappa shape index (κ1) is 19.4. The van der Waals surface area contributed by atoms with Gasteiger partial charge in [0.05, 0.1) is 12.2 Å². The number of nitrogens with two attached hydrogens (primary N) is 1. The zero-order valence-electron chi connectivity index (χ0n) is 15.8. The third kappa shape index (κ3) is 2.99. The van der Waals surface area contributed by atoms with Crippen molar-refractivity contribution in [2.24, 2.45) is 5.73 Å². The Morgan fingerprint density at radius 3 is 2.04 bits per heavy atom. The highest BCUT2D eigenvalue weighted by atomic mass is 16.5. The van der Waals surface area contributed by atoms with Gasteiger partial charge in [0, 0.05) is 5.70 Å². The molecule has 0 radical (unpaired) electrons. The summed E-state index contributed by atoms with van der Waals surface area (Å²) in [6.07, 6.45) is -1.32. The summed E-state index contributed by atoms with van der Waals surface area (Å²) in [5.74, 6) is -0.569. The van der Waals surface area contributed by atoms with Gasteiger partial charge in [0.2, 0.25) is 0 Å². The van der Waals surface area contributed by atoms with Crippen molar-refractivity contribution in [2.75, 3.05) is 6.61 Å². The normalized spacial score (nSPS) is 18.1. The van der Waals surface area contributed by atoms with Gasteiger partial charge in [0.1, 0.15) is 5.41 Å². The Bertz CT molecular complexity index is 857. The van der Waals surface area contributed by atoms with E-state index in [0.717, 1.165) is 0 Å². The molecule has 0 saturated carbocycles. The molecular weight excluding hydrogens is 358 g/mol. The second-order valence-electron chi connectivity index (χ2n) is 6.44. The molecule has 7 heteroatoms. The molecule has 2 aromatic rings. The molecule has 1 unspecified atom stereocenters. The van der Waals surface area contributed by atoms with Crippen molar-refractivity contribution < 1.29 is 19.4 Å². The maximum Gasteiger partial charge on any atom is 0.337 e. The SMILES string of the molecule is CCOC(=O)C1=C(C)N(NC(N)=O)C(O)C1(c1ccccc1)c1ccccc1. The van der Waals surface area contributed by atoms with E-state index in [9.17, 15) is 14.7 Å². The zero-order valence-corrected chi connectivity index (χ0v) is 15.8. The molecule has 1 aliphatic heterocycles. The van der Waals surface area contributed by atoms with Crippen LogP contribution in [0.4, 0.5) is 4.79 Å². The Kier molecular flexibility index (Phi) is 5.37. The summed E-state index contributed by atoms with van der Waals surface area (Å²) in [6.45, 7) is 3.53. The smallest absolute Gasteiger partial charge is 0.337 e. The van der Waals surface area contributed by atoms with Crippen LogP contribution < -0.4 is 11.2 Å². The number of hydrazine groups is 1. The van der Waals surface area contributed by atoms with E-state index in [1.54, 1.807) is 13.8 Å². The zero-order chi connectivity index (χ0) is 20.3. The number of hydrogen-bond donors (Lipinski definition) is 3. The molecule has 146 valence electrons. The molecule has 0 bridgehead atoms. The van der Waals surface area contributed by atoms with Gasteiger partial charge in [-0.15, -0.1) is 0 Å². The lowest BCUT2D eigenvalue weighted by Gasteiger charge is -2.38. The summed E-state index contributed by atoms with van der Waals surface area (Å²) in [5.41, 5.74) is 8.42. The van der Waals surface area contributed by atoms with Crippen molar-refractivity contribution >= 4 is 12.0 Å². The van der Waals surface area contributed by atoms with Crippen LogP contribution in [0.2, 0.25) is 0 Å². The van der Waals surface area contributed by atoms with E-state index < -0.39 is 23.6 Å². The maximum absolute atomic E-state index is 13.0. The number of primary amides is 1. The molecule has 0 fully saturated rings. The molecule has 7 nitrogen and oxygen atoms in total. The number of rotatable bonds is 5. The van der Waals surface area contributed by atoms with E-state index in [1.807, 2.05) is 60.7 Å². The molecule has 0 aliphatic carbocycles. The minimum atomic E-state index is -1.32. The number of urea groups is 1. The fraction of sp³-hybridized carbons (Fsp3) is 0.238. The van der Waals surface area contributed by atoms with Crippen LogP contribution in [0.25, 0.3) is 0 Å². The van der Waals surface area contributed by atoms with Crippen LogP contribution in [-0.4, -0.2) is 35.0 Å². The average Bonchev–Trinajstić information content (AvgIpc) is 2.91. The van der Waals surface area contributed by atoms with E-state index in [1.165, 1.54) is 5.01 Å². The van der Waals surface area contributed by atoms with Crippen LogP contribution in [0.1, 0.15) is 25.0 Å². The number of carbonyl (C=O) groups is 2. The lowest BCUT2D eigenvalue weighted by atomic mass is 9.69. The van der Waals surface area contributed by atoms with E-state index in [0.29, 0.717) is 16.8 Å². The van der Waals surface area contributed by atoms with Gasteiger partial charge in [0.25, 0.3) is 0 Å². The summed E-state index contributed by atoms with van der Waals surface area (Å²) >= 11 is 0. The first-order valence-corrected chi connectivity index (χ1v) is 8.97. The van der Waals surface area contributed by atoms with Crippen molar-refractivity contribution in [3.63, 3.8) is 0 Å². The van der Waals surface area contributed by atoms with Crippen LogP contribution in [0.3, 0.4) is 0 Å². The van der Waals surface area contributed by atoms with Gasteiger partial charge in [-0.3, -0.25) is 5.01 Å². The molecule has 4 N–H and O–H groups in total. The topological polar surface area (TPSA) is 105 Å². The minimum Gasteiger partial charge on any atom is -0.463 e. The van der Waals surface area contributed by atoms with Crippen molar-refractivity contribution in [1.29, 1.82) is 0 Å². The molecule has 1 aliphatic rings. The Balaban J connectivity index is 2.35. The van der Waals surface area contributed by atoms with Crippen LogP contribution in [0, 0.1) is 0 Å². The number of aliphatic hydroxyl groups excluding tert-OH is 1. The second kappa shape index (κ2) is 7.74. The molecular formula is C21H23N3O4. The largest absolute Gasteiger partial charge is 0.463 e. The number of esters is 1. The summed E-state index contributed by atoms with van der Waals surface area (Å²) in [5, 5.41) is 12.6. The molecule has 28 heavy (non-hydrogen) atoms. The van der Waals surface area contributed by atoms with Gasteiger partial charge in [0.15, 0.2) is 6.23 Å². The monoisotopic (exact) mass is 381 g/mol. The number of aliphatic hydroxyl groups is 1. The number of nitrogens with one attached hydrogen (secondary N) is 1. The van der Waals surface area contributed by atoms with E-state index >= 15 is 0 Å². The maximum atomic E-state index is 13.0. The standard InChI is InChI=1S/C21H23N3O4/c1-3-28-18(25)17-14(2)24(23-20(22)27)19(26)21(17,15-10-6-4-7-11-15)16-12-8-5-9-13-16/h4-13,19,26H,3H2,1-2H3,(H3,22,23,27). The number of amides is 2. The number of allylic oxidation sites excluding steroid dienone is 1. The van der Waals surface area contributed by atoms with Gasteiger partial charge < -0.3 is 15.6 Å². The lowest BCUT2D eigenvalue weighted by molar-refractivity contribution is -0.139. The third-order valence-electron chi connectivity index (χ3n) is 4.92. The molecule has 0 aromatic heterocycles. The quantitative estimate of drug-likeness (QED) is 0.688. The first-order valence-electron chi connectivity index (χ1n) is 8.97. The third-order valence-corrected chi connectivity index (χ3v) is 4.92. The number of hydrogen-bond acceptors (Lipinski definition) is 5. The van der Waals surface area contributed by atoms with E-state index in [-0.39, 0.29) is 12.2 Å². The molecule has 0 saturated heterocycles. The summed E-state index contributed by atoms with van der Waals surface area (Å²) in [4.78, 5) is 24.6. The Morgan fingerprint density at radius 1 is 1.11 bits per heavy atom. The van der Waals surface area contributed by atoms with Crippen molar-refractivity contribution in [3.8, 4) is 0 Å². The Labute approximate surface area is 163 Å². The summed E-state index contributed by atoms with van der Waals surface area (Å²) < 4.78 is 5.32. The van der Waals surface area contributed by atoms with Crippen LogP contribution in [0.5, 0.6) is 0 Å². The van der Waals surface area contributed by atoms with Gasteiger partial charge in [-0.05, 0) is 25.0 Å². The van der Waals surface area contributed by atoms with Crippen molar-refractivity contribution in [1.82, 2.24) is 10.4 Å². The molecule has 1 heterocycles. The summed E-state index contributed by atoms with van der Waals surface area (Å²) in [7, 11) is 0. The fourth-order valence-electron chi connectivity index (χ4n) is 3.84. The molecule has 0 spiro atoms.